The number of likely N-dealkylation sites (N-methyl/N-ethyl adjacent to an activating group) is 1. The molecular weight excluding hydrogens is 412 g/mol. The van der Waals surface area contributed by atoms with E-state index in [9.17, 15) is 9.59 Å². The van der Waals surface area contributed by atoms with Crippen LogP contribution in [0.1, 0.15) is 29.6 Å². The van der Waals surface area contributed by atoms with Gasteiger partial charge in [-0.25, -0.2) is 4.79 Å². The number of nitrogens with one attached hydrogen (secondary N) is 2. The van der Waals surface area contributed by atoms with Crippen LogP contribution in [-0.4, -0.2) is 50.1 Å². The average molecular weight is 439 g/mol. The van der Waals surface area contributed by atoms with Gasteiger partial charge in [0.05, 0.1) is 12.7 Å². The highest BCUT2D eigenvalue weighted by molar-refractivity contribution is 7.20. The molecule has 0 unspecified atom stereocenters. The lowest BCUT2D eigenvalue weighted by Crippen LogP contribution is -2.41. The standard InChI is InChI=1S/C20H26N4O3S.ClH/c1-24-10-4-3-5-14(12-24)22-18(25)16-11-17(28-19(16)23-20(21)26)13-6-8-15(27-2)9-7-13;/h6-9,11,14H,3-5,10,12H2,1-2H3,(H,22,25)(H3,21,23,26);1H/t14-;/m0./s1. The molecule has 1 fully saturated rings. The van der Waals surface area contributed by atoms with Crippen molar-refractivity contribution in [3.63, 3.8) is 0 Å². The molecule has 0 radical (unpaired) electrons. The number of urea groups is 1. The Morgan fingerprint density at radius 1 is 1.24 bits per heavy atom. The summed E-state index contributed by atoms with van der Waals surface area (Å²) in [4.78, 5) is 27.5. The van der Waals surface area contributed by atoms with Crippen molar-refractivity contribution in [3.8, 4) is 16.2 Å². The van der Waals surface area contributed by atoms with E-state index in [1.165, 1.54) is 11.3 Å². The molecule has 1 atom stereocenters. The molecule has 4 N–H and O–H groups in total. The molecule has 3 amide bonds. The highest BCUT2D eigenvalue weighted by atomic mass is 35.5. The van der Waals surface area contributed by atoms with Crippen molar-refractivity contribution < 1.29 is 14.3 Å². The van der Waals surface area contributed by atoms with Gasteiger partial charge in [-0.15, -0.1) is 23.7 Å². The number of methoxy groups -OCH3 is 1. The first-order chi connectivity index (χ1) is 13.5. The monoisotopic (exact) mass is 438 g/mol. The Labute approximate surface area is 181 Å². The van der Waals surface area contributed by atoms with E-state index in [1.54, 1.807) is 13.2 Å². The number of hydrogen-bond acceptors (Lipinski definition) is 5. The summed E-state index contributed by atoms with van der Waals surface area (Å²) in [5.41, 5.74) is 6.67. The minimum atomic E-state index is -0.689. The molecule has 2 heterocycles. The molecule has 2 aromatic rings. The fourth-order valence-corrected chi connectivity index (χ4v) is 4.44. The maximum absolute atomic E-state index is 12.9. The largest absolute Gasteiger partial charge is 0.497 e. The molecule has 1 aromatic heterocycles. The van der Waals surface area contributed by atoms with E-state index in [0.717, 1.165) is 48.5 Å². The Kier molecular flexibility index (Phi) is 8.31. The number of thiophene rings is 1. The number of amides is 3. The van der Waals surface area contributed by atoms with Crippen molar-refractivity contribution in [1.29, 1.82) is 0 Å². The Morgan fingerprint density at radius 3 is 2.62 bits per heavy atom. The van der Waals surface area contributed by atoms with Crippen LogP contribution in [0.2, 0.25) is 0 Å². The van der Waals surface area contributed by atoms with Gasteiger partial charge in [-0.3, -0.25) is 10.1 Å². The first-order valence-electron chi connectivity index (χ1n) is 9.30. The molecule has 0 saturated carbocycles. The molecule has 1 saturated heterocycles. The van der Waals surface area contributed by atoms with E-state index in [0.29, 0.717) is 10.6 Å². The van der Waals surface area contributed by atoms with Gasteiger partial charge in [0.2, 0.25) is 0 Å². The van der Waals surface area contributed by atoms with Crippen molar-refractivity contribution in [2.45, 2.75) is 25.3 Å². The molecule has 7 nitrogen and oxygen atoms in total. The highest BCUT2D eigenvalue weighted by Gasteiger charge is 2.22. The minimum absolute atomic E-state index is 0. The van der Waals surface area contributed by atoms with E-state index < -0.39 is 6.03 Å². The number of carbonyl (C=O) groups excluding carboxylic acids is 2. The molecule has 3 rings (SSSR count). The number of halogens is 1. The Balaban J connectivity index is 0.00000300. The van der Waals surface area contributed by atoms with Gasteiger partial charge in [0.1, 0.15) is 10.8 Å². The summed E-state index contributed by atoms with van der Waals surface area (Å²) in [5.74, 6) is 0.561. The fourth-order valence-electron chi connectivity index (χ4n) is 3.37. The topological polar surface area (TPSA) is 96.7 Å². The molecule has 158 valence electrons. The maximum Gasteiger partial charge on any atom is 0.317 e. The number of rotatable bonds is 5. The zero-order chi connectivity index (χ0) is 20.1. The van der Waals surface area contributed by atoms with E-state index in [2.05, 4.69) is 22.6 Å². The van der Waals surface area contributed by atoms with Crippen LogP contribution in [-0.2, 0) is 0 Å². The highest BCUT2D eigenvalue weighted by Crippen LogP contribution is 2.36. The molecule has 0 bridgehead atoms. The van der Waals surface area contributed by atoms with Gasteiger partial charge in [0.25, 0.3) is 5.91 Å². The Bertz CT molecular complexity index is 841. The molecule has 1 aromatic carbocycles. The normalized spacial score (nSPS) is 17.0. The summed E-state index contributed by atoms with van der Waals surface area (Å²) in [5, 5.41) is 6.16. The number of nitrogens with two attached hydrogens (primary N) is 1. The van der Waals surface area contributed by atoms with Crippen LogP contribution in [0.4, 0.5) is 9.80 Å². The van der Waals surface area contributed by atoms with Gasteiger partial charge in [-0.05, 0) is 62.3 Å². The van der Waals surface area contributed by atoms with Gasteiger partial charge < -0.3 is 20.7 Å². The fraction of sp³-hybridized carbons (Fsp3) is 0.400. The van der Waals surface area contributed by atoms with Gasteiger partial charge in [0, 0.05) is 17.5 Å². The van der Waals surface area contributed by atoms with Crippen LogP contribution in [0.15, 0.2) is 30.3 Å². The van der Waals surface area contributed by atoms with Crippen LogP contribution in [0.3, 0.4) is 0 Å². The second-order valence-corrected chi connectivity index (χ2v) is 8.05. The summed E-state index contributed by atoms with van der Waals surface area (Å²) in [6.45, 7) is 1.86. The first kappa shape index (κ1) is 23.0. The van der Waals surface area contributed by atoms with Gasteiger partial charge >= 0.3 is 6.03 Å². The lowest BCUT2D eigenvalue weighted by molar-refractivity contribution is 0.0930. The number of carbonyl (C=O) groups is 2. The first-order valence-corrected chi connectivity index (χ1v) is 10.1. The third kappa shape index (κ3) is 6.09. The van der Waals surface area contributed by atoms with Gasteiger partial charge in [-0.1, -0.05) is 6.42 Å². The van der Waals surface area contributed by atoms with Crippen molar-refractivity contribution in [2.75, 3.05) is 32.6 Å². The Morgan fingerprint density at radius 2 is 1.97 bits per heavy atom. The lowest BCUT2D eigenvalue weighted by atomic mass is 10.1. The molecule has 29 heavy (non-hydrogen) atoms. The van der Waals surface area contributed by atoms with Crippen LogP contribution in [0.5, 0.6) is 5.75 Å². The van der Waals surface area contributed by atoms with Crippen molar-refractivity contribution in [1.82, 2.24) is 10.2 Å². The van der Waals surface area contributed by atoms with E-state index in [4.69, 9.17) is 10.5 Å². The minimum Gasteiger partial charge on any atom is -0.497 e. The smallest absolute Gasteiger partial charge is 0.317 e. The summed E-state index contributed by atoms with van der Waals surface area (Å²) in [6.07, 6.45) is 3.17. The number of hydrogen-bond donors (Lipinski definition) is 3. The predicted octanol–water partition coefficient (Wildman–Crippen LogP) is 3.55. The van der Waals surface area contributed by atoms with Gasteiger partial charge in [-0.2, -0.15) is 0 Å². The van der Waals surface area contributed by atoms with Crippen LogP contribution in [0, 0.1) is 0 Å². The van der Waals surface area contributed by atoms with Crippen LogP contribution < -0.4 is 21.1 Å². The predicted molar refractivity (Wildman–Crippen MR) is 119 cm³/mol. The van der Waals surface area contributed by atoms with Crippen LogP contribution >= 0.6 is 23.7 Å². The summed E-state index contributed by atoms with van der Waals surface area (Å²) in [7, 11) is 3.68. The van der Waals surface area contributed by atoms with E-state index in [-0.39, 0.29) is 24.4 Å². The quantitative estimate of drug-likeness (QED) is 0.665. The van der Waals surface area contributed by atoms with Crippen molar-refractivity contribution in [2.24, 2.45) is 5.73 Å². The summed E-state index contributed by atoms with van der Waals surface area (Å²) >= 11 is 1.33. The molecule has 9 heteroatoms. The van der Waals surface area contributed by atoms with E-state index >= 15 is 0 Å². The SMILES string of the molecule is COc1ccc(-c2cc(C(=O)N[C@H]3CCCCN(C)C3)c(NC(N)=O)s2)cc1.Cl. The molecule has 1 aliphatic heterocycles. The maximum atomic E-state index is 12.9. The number of likely N-dealkylation sites (tertiary alicyclic amines) is 1. The zero-order valence-electron chi connectivity index (χ0n) is 16.6. The number of primary amides is 1. The Hall–Kier alpha value is -2.29. The average Bonchev–Trinajstić information content (AvgIpc) is 2.97. The molecular formula is C20H27ClN4O3S. The summed E-state index contributed by atoms with van der Waals surface area (Å²) < 4.78 is 5.19. The van der Waals surface area contributed by atoms with E-state index in [1.807, 2.05) is 24.3 Å². The second kappa shape index (κ2) is 10.5. The van der Waals surface area contributed by atoms with Crippen molar-refractivity contribution >= 4 is 40.7 Å². The molecule has 0 spiro atoms. The third-order valence-electron chi connectivity index (χ3n) is 4.80. The lowest BCUT2D eigenvalue weighted by Gasteiger charge is -2.21. The van der Waals surface area contributed by atoms with Crippen LogP contribution in [0.25, 0.3) is 10.4 Å². The molecule has 0 aliphatic carbocycles. The number of anilines is 1. The molecule has 1 aliphatic rings. The number of benzene rings is 1. The second-order valence-electron chi connectivity index (χ2n) is 7.00. The third-order valence-corrected chi connectivity index (χ3v) is 5.90. The number of nitrogens with zero attached hydrogens (tertiary/aromatic N) is 1. The zero-order valence-corrected chi connectivity index (χ0v) is 18.2. The number of ether oxygens (including phenoxy) is 1. The summed E-state index contributed by atoms with van der Waals surface area (Å²) in [6, 6.07) is 8.75. The van der Waals surface area contributed by atoms with Crippen molar-refractivity contribution in [3.05, 3.63) is 35.9 Å². The van der Waals surface area contributed by atoms with Gasteiger partial charge in [0.15, 0.2) is 0 Å².